The van der Waals surface area contributed by atoms with Crippen LogP contribution in [-0.4, -0.2) is 29.4 Å². The second-order valence-electron chi connectivity index (χ2n) is 7.54. The third kappa shape index (κ3) is 2.62. The maximum absolute atomic E-state index is 12.4. The Morgan fingerprint density at radius 1 is 1.21 bits per heavy atom. The molecule has 1 fully saturated rings. The van der Waals surface area contributed by atoms with Gasteiger partial charge in [0.15, 0.2) is 6.73 Å². The number of carbonyl (C=O) groups excluding carboxylic acids is 3. The van der Waals surface area contributed by atoms with Gasteiger partial charge >= 0.3 is 5.97 Å². The summed E-state index contributed by atoms with van der Waals surface area (Å²) in [5, 5.41) is 0. The van der Waals surface area contributed by atoms with Crippen molar-refractivity contribution in [1.29, 1.82) is 0 Å². The van der Waals surface area contributed by atoms with Crippen LogP contribution >= 0.6 is 0 Å². The largest absolute Gasteiger partial charge is 0.443 e. The predicted molar refractivity (Wildman–Crippen MR) is 88.4 cm³/mol. The van der Waals surface area contributed by atoms with Gasteiger partial charge in [-0.1, -0.05) is 37.6 Å². The molecule has 1 heterocycles. The first-order valence-electron chi connectivity index (χ1n) is 8.30. The third-order valence-electron chi connectivity index (χ3n) is 5.19. The number of rotatable bonds is 4. The number of esters is 1. The van der Waals surface area contributed by atoms with Gasteiger partial charge in [0, 0.05) is 11.1 Å². The van der Waals surface area contributed by atoms with Crippen molar-refractivity contribution >= 4 is 17.8 Å². The van der Waals surface area contributed by atoms with E-state index < -0.39 is 0 Å². The number of nitrogens with zero attached hydrogens (tertiary/aromatic N) is 1. The second-order valence-corrected chi connectivity index (χ2v) is 7.54. The maximum atomic E-state index is 12.4. The molecule has 1 aliphatic heterocycles. The normalized spacial score (nSPS) is 27.2. The molecule has 3 aliphatic rings. The van der Waals surface area contributed by atoms with Gasteiger partial charge in [0.1, 0.15) is 0 Å². The van der Waals surface area contributed by atoms with Crippen molar-refractivity contribution in [1.82, 2.24) is 4.90 Å². The molecule has 0 bridgehead atoms. The summed E-state index contributed by atoms with van der Waals surface area (Å²) in [4.78, 5) is 38.0. The van der Waals surface area contributed by atoms with Crippen LogP contribution in [0.1, 0.15) is 40.5 Å². The number of amides is 2. The minimum Gasteiger partial charge on any atom is -0.443 e. The van der Waals surface area contributed by atoms with Gasteiger partial charge in [-0.2, -0.15) is 0 Å². The lowest BCUT2D eigenvalue weighted by Gasteiger charge is -2.15. The molecule has 3 rings (SSSR count). The minimum absolute atomic E-state index is 0.144. The number of allylic oxidation sites excluding steroid dienone is 4. The highest BCUT2D eigenvalue weighted by Crippen LogP contribution is 2.59. The molecular formula is C19H23NO4. The van der Waals surface area contributed by atoms with Gasteiger partial charge in [-0.15, -0.1) is 0 Å². The first kappa shape index (κ1) is 16.7. The van der Waals surface area contributed by atoms with E-state index in [0.717, 1.165) is 10.5 Å². The molecule has 2 aliphatic carbocycles. The van der Waals surface area contributed by atoms with Crippen LogP contribution in [0.25, 0.3) is 0 Å². The lowest BCUT2D eigenvalue weighted by Crippen LogP contribution is -2.35. The van der Waals surface area contributed by atoms with Gasteiger partial charge < -0.3 is 4.74 Å². The van der Waals surface area contributed by atoms with Gasteiger partial charge in [-0.3, -0.25) is 14.4 Å². The van der Waals surface area contributed by atoms with E-state index >= 15 is 0 Å². The summed E-state index contributed by atoms with van der Waals surface area (Å²) in [5.74, 6) is -1.07. The minimum atomic E-state index is -0.342. The molecule has 0 aromatic carbocycles. The van der Waals surface area contributed by atoms with E-state index in [4.69, 9.17) is 4.74 Å². The molecule has 0 aromatic heterocycles. The SMILES string of the molecule is CC(C)=CC1C(C(=O)OCN2C(=O)C3=C(CC=CC3)C2=O)C1(C)C. The van der Waals surface area contributed by atoms with E-state index in [1.165, 1.54) is 0 Å². The number of ether oxygens (including phenoxy) is 1. The summed E-state index contributed by atoms with van der Waals surface area (Å²) in [7, 11) is 0. The van der Waals surface area contributed by atoms with Crippen molar-refractivity contribution in [2.75, 3.05) is 6.73 Å². The molecule has 0 radical (unpaired) electrons. The zero-order chi connectivity index (χ0) is 17.6. The number of hydrogen-bond acceptors (Lipinski definition) is 4. The average Bonchev–Trinajstić information content (AvgIpc) is 2.96. The van der Waals surface area contributed by atoms with Crippen molar-refractivity contribution in [2.24, 2.45) is 17.3 Å². The van der Waals surface area contributed by atoms with Crippen molar-refractivity contribution in [2.45, 2.75) is 40.5 Å². The molecule has 128 valence electrons. The van der Waals surface area contributed by atoms with E-state index in [1.807, 2.05) is 39.8 Å². The van der Waals surface area contributed by atoms with E-state index in [1.54, 1.807) is 0 Å². The Morgan fingerprint density at radius 2 is 1.75 bits per heavy atom. The standard InChI is InChI=1S/C19H23NO4/c1-11(2)9-14-15(19(14,3)4)18(23)24-10-20-16(21)12-7-5-6-8-13(12)17(20)22/h5-6,9,14-15H,7-8,10H2,1-4H3. The molecular weight excluding hydrogens is 306 g/mol. The fourth-order valence-corrected chi connectivity index (χ4v) is 3.63. The summed E-state index contributed by atoms with van der Waals surface area (Å²) >= 11 is 0. The Labute approximate surface area is 142 Å². The van der Waals surface area contributed by atoms with Crippen molar-refractivity contribution in [3.63, 3.8) is 0 Å². The van der Waals surface area contributed by atoms with Gasteiger partial charge in [0.2, 0.25) is 0 Å². The first-order valence-corrected chi connectivity index (χ1v) is 8.30. The molecule has 1 saturated carbocycles. The van der Waals surface area contributed by atoms with E-state index in [2.05, 4.69) is 6.08 Å². The molecule has 2 unspecified atom stereocenters. The van der Waals surface area contributed by atoms with E-state index in [-0.39, 0.29) is 41.8 Å². The Kier molecular flexibility index (Phi) is 3.98. The Bertz CT molecular complexity index is 677. The highest BCUT2D eigenvalue weighted by molar-refractivity contribution is 6.19. The predicted octanol–water partition coefficient (Wildman–Crippen LogP) is 2.74. The Morgan fingerprint density at radius 3 is 2.25 bits per heavy atom. The molecule has 0 spiro atoms. The Balaban J connectivity index is 1.61. The third-order valence-corrected chi connectivity index (χ3v) is 5.19. The smallest absolute Gasteiger partial charge is 0.311 e. The average molecular weight is 329 g/mol. The van der Waals surface area contributed by atoms with Crippen LogP contribution in [0.3, 0.4) is 0 Å². The topological polar surface area (TPSA) is 63.7 Å². The number of imide groups is 1. The van der Waals surface area contributed by atoms with Gasteiger partial charge in [0.25, 0.3) is 11.8 Å². The molecule has 24 heavy (non-hydrogen) atoms. The monoisotopic (exact) mass is 329 g/mol. The van der Waals surface area contributed by atoms with Gasteiger partial charge in [-0.25, -0.2) is 4.90 Å². The van der Waals surface area contributed by atoms with Crippen LogP contribution in [0, 0.1) is 17.3 Å². The molecule has 0 saturated heterocycles. The first-order chi connectivity index (χ1) is 11.2. The van der Waals surface area contributed by atoms with Crippen LogP contribution in [0.4, 0.5) is 0 Å². The molecule has 0 aromatic rings. The van der Waals surface area contributed by atoms with Crippen LogP contribution in [0.5, 0.6) is 0 Å². The number of carbonyl (C=O) groups is 3. The zero-order valence-corrected chi connectivity index (χ0v) is 14.6. The molecule has 5 heteroatoms. The highest BCUT2D eigenvalue weighted by atomic mass is 16.5. The zero-order valence-electron chi connectivity index (χ0n) is 14.6. The lowest BCUT2D eigenvalue weighted by molar-refractivity contribution is -0.156. The maximum Gasteiger partial charge on any atom is 0.311 e. The van der Waals surface area contributed by atoms with Crippen molar-refractivity contribution < 1.29 is 19.1 Å². The molecule has 2 atom stereocenters. The molecule has 2 amide bonds. The van der Waals surface area contributed by atoms with E-state index in [0.29, 0.717) is 24.0 Å². The lowest BCUT2D eigenvalue weighted by atomic mass is 9.99. The molecule has 5 nitrogen and oxygen atoms in total. The van der Waals surface area contributed by atoms with Crippen LogP contribution in [0.2, 0.25) is 0 Å². The summed E-state index contributed by atoms with van der Waals surface area (Å²) in [6, 6.07) is 0. The van der Waals surface area contributed by atoms with Crippen LogP contribution < -0.4 is 0 Å². The van der Waals surface area contributed by atoms with Crippen molar-refractivity contribution in [3.05, 3.63) is 34.9 Å². The van der Waals surface area contributed by atoms with Crippen LogP contribution in [0.15, 0.2) is 34.9 Å². The fourth-order valence-electron chi connectivity index (χ4n) is 3.63. The van der Waals surface area contributed by atoms with Gasteiger partial charge in [0.05, 0.1) is 5.92 Å². The van der Waals surface area contributed by atoms with Crippen molar-refractivity contribution in [3.8, 4) is 0 Å². The summed E-state index contributed by atoms with van der Waals surface area (Å²) < 4.78 is 5.31. The van der Waals surface area contributed by atoms with Gasteiger partial charge in [-0.05, 0) is 38.0 Å². The van der Waals surface area contributed by atoms with Crippen LogP contribution in [-0.2, 0) is 19.1 Å². The quantitative estimate of drug-likeness (QED) is 0.452. The highest BCUT2D eigenvalue weighted by Gasteiger charge is 2.61. The summed E-state index contributed by atoms with van der Waals surface area (Å²) in [6.45, 7) is 7.77. The summed E-state index contributed by atoms with van der Waals surface area (Å²) in [5.41, 5.74) is 2.09. The Hall–Kier alpha value is -2.17. The fraction of sp³-hybridized carbons (Fsp3) is 0.526. The summed E-state index contributed by atoms with van der Waals surface area (Å²) in [6.07, 6.45) is 6.81. The number of hydrogen-bond donors (Lipinski definition) is 0. The second kappa shape index (κ2) is 5.72. The molecule has 0 N–H and O–H groups in total. The van der Waals surface area contributed by atoms with E-state index in [9.17, 15) is 14.4 Å².